The molecule has 0 atom stereocenters. The van der Waals surface area contributed by atoms with Crippen LogP contribution in [0, 0.1) is 0 Å². The maximum Gasteiger partial charge on any atom is 0.266 e. The average molecular weight is 421 g/mol. The summed E-state index contributed by atoms with van der Waals surface area (Å²) >= 11 is 3.36. The number of rotatable bonds is 3. The second kappa shape index (κ2) is 6.81. The summed E-state index contributed by atoms with van der Waals surface area (Å²) in [5.41, 5.74) is 2.09. The molecule has 6 heteroatoms. The lowest BCUT2D eigenvalue weighted by Crippen LogP contribution is -2.29. The Labute approximate surface area is 163 Å². The van der Waals surface area contributed by atoms with Gasteiger partial charge in [0.15, 0.2) is 0 Å². The number of imide groups is 1. The van der Waals surface area contributed by atoms with Crippen LogP contribution in [0.4, 0.5) is 11.4 Å². The number of halogens is 1. The zero-order chi connectivity index (χ0) is 19.0. The van der Waals surface area contributed by atoms with Gasteiger partial charge in [-0.1, -0.05) is 40.2 Å². The van der Waals surface area contributed by atoms with Crippen LogP contribution in [0.1, 0.15) is 31.1 Å². The molecule has 0 unspecified atom stereocenters. The summed E-state index contributed by atoms with van der Waals surface area (Å²) in [4.78, 5) is 38.9. The summed E-state index contributed by atoms with van der Waals surface area (Å²) in [6, 6.07) is 20.4. The third-order valence-electron chi connectivity index (χ3n) is 4.24. The Morgan fingerprint density at radius 1 is 0.815 bits per heavy atom. The predicted octanol–water partition coefficient (Wildman–Crippen LogP) is 4.50. The van der Waals surface area contributed by atoms with Crippen LogP contribution in [0.15, 0.2) is 77.3 Å². The number of carbonyl (C=O) groups is 3. The number of nitrogens with one attached hydrogen (secondary N) is 1. The highest BCUT2D eigenvalue weighted by Gasteiger charge is 2.36. The number of nitrogens with zero attached hydrogens (tertiary/aromatic N) is 1. The van der Waals surface area contributed by atoms with Crippen molar-refractivity contribution in [3.05, 3.63) is 94.0 Å². The molecule has 0 fully saturated rings. The van der Waals surface area contributed by atoms with E-state index in [0.717, 1.165) is 9.37 Å². The smallest absolute Gasteiger partial charge is 0.266 e. The normalized spacial score (nSPS) is 12.9. The second-order valence-electron chi connectivity index (χ2n) is 6.01. The molecule has 1 aliphatic rings. The molecular weight excluding hydrogens is 408 g/mol. The molecular formula is C21H13BrN2O3. The van der Waals surface area contributed by atoms with Crippen molar-refractivity contribution < 1.29 is 14.4 Å². The molecule has 4 rings (SSSR count). The van der Waals surface area contributed by atoms with Gasteiger partial charge in [0.05, 0.1) is 16.8 Å². The Bertz CT molecular complexity index is 1060. The standard InChI is InChI=1S/C21H13BrN2O3/c22-14-6-4-7-15(12-14)23-19(25)13-5-3-8-16(11-13)24-20(26)17-9-1-2-10-18(17)21(24)27/h1-12H,(H,23,25). The first-order valence-electron chi connectivity index (χ1n) is 8.19. The van der Waals surface area contributed by atoms with E-state index in [9.17, 15) is 14.4 Å². The Hall–Kier alpha value is -3.25. The fraction of sp³-hybridized carbons (Fsp3) is 0. The van der Waals surface area contributed by atoms with Crippen LogP contribution in [-0.2, 0) is 0 Å². The Morgan fingerprint density at radius 3 is 2.15 bits per heavy atom. The molecule has 5 nitrogen and oxygen atoms in total. The quantitative estimate of drug-likeness (QED) is 0.634. The van der Waals surface area contributed by atoms with Crippen LogP contribution in [0.3, 0.4) is 0 Å². The van der Waals surface area contributed by atoms with E-state index < -0.39 is 0 Å². The van der Waals surface area contributed by atoms with Gasteiger partial charge in [0.25, 0.3) is 17.7 Å². The van der Waals surface area contributed by atoms with Crippen LogP contribution in [0.2, 0.25) is 0 Å². The van der Waals surface area contributed by atoms with Gasteiger partial charge < -0.3 is 5.32 Å². The minimum Gasteiger partial charge on any atom is -0.322 e. The van der Waals surface area contributed by atoms with Gasteiger partial charge in [-0.25, -0.2) is 4.90 Å². The van der Waals surface area contributed by atoms with Crippen LogP contribution in [0.25, 0.3) is 0 Å². The van der Waals surface area contributed by atoms with E-state index in [1.165, 1.54) is 6.07 Å². The molecule has 0 spiro atoms. The molecule has 1 heterocycles. The van der Waals surface area contributed by atoms with Gasteiger partial charge in [0.2, 0.25) is 0 Å². The summed E-state index contributed by atoms with van der Waals surface area (Å²) in [6.07, 6.45) is 0. The highest BCUT2D eigenvalue weighted by atomic mass is 79.9. The molecule has 27 heavy (non-hydrogen) atoms. The first kappa shape index (κ1) is 17.2. The first-order chi connectivity index (χ1) is 13.0. The van der Waals surface area contributed by atoms with Crippen molar-refractivity contribution in [1.82, 2.24) is 0 Å². The molecule has 0 saturated carbocycles. The predicted molar refractivity (Wildman–Crippen MR) is 106 cm³/mol. The third-order valence-corrected chi connectivity index (χ3v) is 4.74. The number of amides is 3. The third kappa shape index (κ3) is 3.15. The van der Waals surface area contributed by atoms with Crippen molar-refractivity contribution in [2.75, 3.05) is 10.2 Å². The topological polar surface area (TPSA) is 66.5 Å². The number of fused-ring (bicyclic) bond motifs is 1. The monoisotopic (exact) mass is 420 g/mol. The number of hydrogen-bond donors (Lipinski definition) is 1. The molecule has 3 aromatic rings. The number of hydrogen-bond acceptors (Lipinski definition) is 3. The SMILES string of the molecule is O=C(Nc1cccc(Br)c1)c1cccc(N2C(=O)c3ccccc3C2=O)c1. The summed E-state index contributed by atoms with van der Waals surface area (Å²) in [5, 5.41) is 2.80. The maximum absolute atomic E-state index is 12.6. The van der Waals surface area contributed by atoms with Crippen molar-refractivity contribution in [3.63, 3.8) is 0 Å². The van der Waals surface area contributed by atoms with Crippen molar-refractivity contribution >= 4 is 45.0 Å². The zero-order valence-electron chi connectivity index (χ0n) is 14.0. The number of anilines is 2. The van der Waals surface area contributed by atoms with Crippen LogP contribution in [0.5, 0.6) is 0 Å². The fourth-order valence-electron chi connectivity index (χ4n) is 2.98. The van der Waals surface area contributed by atoms with Gasteiger partial charge in [-0.15, -0.1) is 0 Å². The highest BCUT2D eigenvalue weighted by Crippen LogP contribution is 2.29. The van der Waals surface area contributed by atoms with Gasteiger partial charge in [-0.3, -0.25) is 14.4 Å². The lowest BCUT2D eigenvalue weighted by atomic mass is 10.1. The van der Waals surface area contributed by atoms with Gasteiger partial charge in [-0.05, 0) is 48.5 Å². The van der Waals surface area contributed by atoms with Crippen LogP contribution in [-0.4, -0.2) is 17.7 Å². The van der Waals surface area contributed by atoms with Crippen molar-refractivity contribution in [3.8, 4) is 0 Å². The number of benzene rings is 3. The first-order valence-corrected chi connectivity index (χ1v) is 8.99. The zero-order valence-corrected chi connectivity index (χ0v) is 15.6. The molecule has 0 aliphatic carbocycles. The average Bonchev–Trinajstić information content (AvgIpc) is 2.93. The van der Waals surface area contributed by atoms with Crippen molar-refractivity contribution in [2.45, 2.75) is 0 Å². The maximum atomic E-state index is 12.6. The molecule has 1 aliphatic heterocycles. The summed E-state index contributed by atoms with van der Waals surface area (Å²) < 4.78 is 0.847. The van der Waals surface area contributed by atoms with Gasteiger partial charge in [-0.2, -0.15) is 0 Å². The van der Waals surface area contributed by atoms with Crippen molar-refractivity contribution in [2.24, 2.45) is 0 Å². The van der Waals surface area contributed by atoms with E-state index in [0.29, 0.717) is 28.1 Å². The second-order valence-corrected chi connectivity index (χ2v) is 6.92. The molecule has 1 N–H and O–H groups in total. The van der Waals surface area contributed by atoms with E-state index in [1.807, 2.05) is 12.1 Å². The number of carbonyl (C=O) groups excluding carboxylic acids is 3. The molecule has 0 bridgehead atoms. The molecule has 0 saturated heterocycles. The molecule has 3 amide bonds. The van der Waals surface area contributed by atoms with E-state index >= 15 is 0 Å². The molecule has 0 aromatic heterocycles. The minimum absolute atomic E-state index is 0.327. The van der Waals surface area contributed by atoms with E-state index in [1.54, 1.807) is 54.6 Å². The minimum atomic E-state index is -0.389. The van der Waals surface area contributed by atoms with Gasteiger partial charge in [0, 0.05) is 15.7 Å². The van der Waals surface area contributed by atoms with Crippen LogP contribution < -0.4 is 10.2 Å². The Morgan fingerprint density at radius 2 is 1.48 bits per heavy atom. The van der Waals surface area contributed by atoms with Crippen LogP contribution >= 0.6 is 15.9 Å². The largest absolute Gasteiger partial charge is 0.322 e. The fourth-order valence-corrected chi connectivity index (χ4v) is 3.38. The molecule has 0 radical (unpaired) electrons. The summed E-state index contributed by atoms with van der Waals surface area (Å²) in [5.74, 6) is -1.10. The highest BCUT2D eigenvalue weighted by molar-refractivity contribution is 9.10. The Kier molecular flexibility index (Phi) is 4.33. The van der Waals surface area contributed by atoms with E-state index in [4.69, 9.17) is 0 Å². The lowest BCUT2D eigenvalue weighted by molar-refractivity contribution is 0.0924. The Balaban J connectivity index is 1.63. The summed E-state index contributed by atoms with van der Waals surface area (Å²) in [6.45, 7) is 0. The molecule has 132 valence electrons. The van der Waals surface area contributed by atoms with Crippen molar-refractivity contribution in [1.29, 1.82) is 0 Å². The lowest BCUT2D eigenvalue weighted by Gasteiger charge is -2.15. The van der Waals surface area contributed by atoms with Gasteiger partial charge in [0.1, 0.15) is 0 Å². The van der Waals surface area contributed by atoms with Gasteiger partial charge >= 0.3 is 0 Å². The molecule has 3 aromatic carbocycles. The van der Waals surface area contributed by atoms with E-state index in [2.05, 4.69) is 21.2 Å². The van der Waals surface area contributed by atoms with E-state index in [-0.39, 0.29) is 17.7 Å². The summed E-state index contributed by atoms with van der Waals surface area (Å²) in [7, 11) is 0.